The van der Waals surface area contributed by atoms with Crippen LogP contribution in [0.2, 0.25) is 0 Å². The Hall–Kier alpha value is -0.130. The zero-order chi connectivity index (χ0) is 7.83. The second kappa shape index (κ2) is 2.18. The lowest BCUT2D eigenvalue weighted by Gasteiger charge is -2.18. The van der Waals surface area contributed by atoms with Crippen LogP contribution < -0.4 is 5.73 Å². The molecule has 0 radical (unpaired) electrons. The van der Waals surface area contributed by atoms with Gasteiger partial charge in [-0.2, -0.15) is 0 Å². The Labute approximate surface area is 60.3 Å². The molecule has 4 nitrogen and oxygen atoms in total. The molecule has 1 aliphatic rings. The molecule has 1 saturated heterocycles. The fourth-order valence-electron chi connectivity index (χ4n) is 1.01. The minimum Gasteiger partial charge on any atom is -0.363 e. The average Bonchev–Trinajstić information content (AvgIpc) is 2.08. The monoisotopic (exact) mass is 165 g/mol. The smallest absolute Gasteiger partial charge is 0.154 e. The number of rotatable bonds is 1. The maximum atomic E-state index is 10.8. The Morgan fingerprint density at radius 3 is 2.40 bits per heavy atom. The number of nitrogens with two attached hydrogens (primary N) is 1. The fourth-order valence-corrected chi connectivity index (χ4v) is 2.81. The second-order valence-corrected chi connectivity index (χ2v) is 4.79. The molecule has 0 aromatic carbocycles. The molecule has 1 rings (SSSR count). The van der Waals surface area contributed by atoms with Crippen LogP contribution in [0.25, 0.3) is 0 Å². The molecule has 0 bridgehead atoms. The lowest BCUT2D eigenvalue weighted by molar-refractivity contribution is 0.0183. The van der Waals surface area contributed by atoms with Crippen molar-refractivity contribution in [2.24, 2.45) is 5.73 Å². The zero-order valence-electron chi connectivity index (χ0n) is 5.83. The first-order valence-electron chi connectivity index (χ1n) is 3.02. The van der Waals surface area contributed by atoms with E-state index in [4.69, 9.17) is 10.5 Å². The molecular weight excluding hydrogens is 154 g/mol. The van der Waals surface area contributed by atoms with E-state index in [2.05, 4.69) is 0 Å². The number of hydrogen-bond acceptors (Lipinski definition) is 4. The maximum absolute atomic E-state index is 10.8. The topological polar surface area (TPSA) is 69.4 Å². The van der Waals surface area contributed by atoms with Crippen molar-refractivity contribution in [2.75, 3.05) is 18.6 Å². The molecule has 1 atom stereocenters. The van der Waals surface area contributed by atoms with Crippen LogP contribution >= 0.6 is 0 Å². The molecule has 0 aliphatic carbocycles. The van der Waals surface area contributed by atoms with E-state index in [1.807, 2.05) is 0 Å². The number of sulfone groups is 1. The first-order chi connectivity index (χ1) is 4.47. The van der Waals surface area contributed by atoms with Crippen molar-refractivity contribution in [3.63, 3.8) is 0 Å². The molecule has 2 N–H and O–H groups in total. The summed E-state index contributed by atoms with van der Waals surface area (Å²) in [5.74, 6) is 0.105. The van der Waals surface area contributed by atoms with Gasteiger partial charge in [-0.05, 0) is 0 Å². The van der Waals surface area contributed by atoms with Crippen LogP contribution in [-0.2, 0) is 14.6 Å². The lowest BCUT2D eigenvalue weighted by Crippen LogP contribution is -2.42. The number of methoxy groups -OCH3 is 1. The summed E-state index contributed by atoms with van der Waals surface area (Å²) >= 11 is 0. The lowest BCUT2D eigenvalue weighted by atomic mass is 10.2. The van der Waals surface area contributed by atoms with Crippen LogP contribution in [0.4, 0.5) is 0 Å². The highest BCUT2D eigenvalue weighted by Crippen LogP contribution is 2.20. The summed E-state index contributed by atoms with van der Waals surface area (Å²) < 4.78 is 26.5. The zero-order valence-corrected chi connectivity index (χ0v) is 6.65. The Morgan fingerprint density at radius 1 is 1.60 bits per heavy atom. The third kappa shape index (κ3) is 1.47. The highest BCUT2D eigenvalue weighted by molar-refractivity contribution is 7.91. The molecule has 1 aliphatic heterocycles. The molecule has 0 aromatic heterocycles. The van der Waals surface area contributed by atoms with E-state index in [-0.39, 0.29) is 11.5 Å². The number of ether oxygens (including phenoxy) is 1. The summed E-state index contributed by atoms with van der Waals surface area (Å²) in [4.78, 5) is 0. The van der Waals surface area contributed by atoms with Gasteiger partial charge in [-0.3, -0.25) is 0 Å². The van der Waals surface area contributed by atoms with E-state index in [1.54, 1.807) is 0 Å². The fraction of sp³-hybridized carbons (Fsp3) is 1.00. The molecule has 1 unspecified atom stereocenters. The predicted octanol–water partition coefficient (Wildman–Crippen LogP) is -0.894. The van der Waals surface area contributed by atoms with Gasteiger partial charge in [0.25, 0.3) is 0 Å². The summed E-state index contributed by atoms with van der Waals surface area (Å²) in [7, 11) is -1.48. The van der Waals surface area contributed by atoms with Crippen LogP contribution in [0.15, 0.2) is 0 Å². The molecule has 1 fully saturated rings. The van der Waals surface area contributed by atoms with Gasteiger partial charge in [0.2, 0.25) is 0 Å². The summed E-state index contributed by atoms with van der Waals surface area (Å²) in [6.07, 6.45) is 0.409. The van der Waals surface area contributed by atoms with Crippen LogP contribution in [-0.4, -0.2) is 32.8 Å². The van der Waals surface area contributed by atoms with E-state index < -0.39 is 15.6 Å². The van der Waals surface area contributed by atoms with Crippen LogP contribution in [0.3, 0.4) is 0 Å². The van der Waals surface area contributed by atoms with Gasteiger partial charge >= 0.3 is 0 Å². The third-order valence-electron chi connectivity index (χ3n) is 1.71. The van der Waals surface area contributed by atoms with Crippen molar-refractivity contribution in [3.05, 3.63) is 0 Å². The highest BCUT2D eigenvalue weighted by atomic mass is 32.2. The molecule has 10 heavy (non-hydrogen) atoms. The third-order valence-corrected chi connectivity index (χ3v) is 3.46. The van der Waals surface area contributed by atoms with E-state index in [1.165, 1.54) is 7.11 Å². The van der Waals surface area contributed by atoms with Gasteiger partial charge < -0.3 is 10.5 Å². The minimum atomic E-state index is -2.92. The van der Waals surface area contributed by atoms with Crippen LogP contribution in [0, 0.1) is 0 Å². The van der Waals surface area contributed by atoms with Crippen molar-refractivity contribution in [3.8, 4) is 0 Å². The van der Waals surface area contributed by atoms with Gasteiger partial charge in [0.1, 0.15) is 5.72 Å². The summed E-state index contributed by atoms with van der Waals surface area (Å²) in [6, 6.07) is 0. The van der Waals surface area contributed by atoms with Gasteiger partial charge in [0.05, 0.1) is 11.5 Å². The van der Waals surface area contributed by atoms with E-state index in [0.29, 0.717) is 6.42 Å². The van der Waals surface area contributed by atoms with Crippen molar-refractivity contribution < 1.29 is 13.2 Å². The first kappa shape index (κ1) is 7.97. The van der Waals surface area contributed by atoms with Gasteiger partial charge in [-0.25, -0.2) is 8.42 Å². The molecule has 1 heterocycles. The quantitative estimate of drug-likeness (QED) is 0.511. The van der Waals surface area contributed by atoms with Crippen molar-refractivity contribution in [1.82, 2.24) is 0 Å². The molecule has 0 aromatic rings. The van der Waals surface area contributed by atoms with Crippen molar-refractivity contribution >= 4 is 9.84 Å². The maximum Gasteiger partial charge on any atom is 0.154 e. The molecular formula is C5H11NO3S. The Bertz CT molecular complexity index is 223. The Kier molecular flexibility index (Phi) is 1.74. The van der Waals surface area contributed by atoms with E-state index >= 15 is 0 Å². The molecule has 0 spiro atoms. The summed E-state index contributed by atoms with van der Waals surface area (Å²) in [5, 5.41) is 0. The molecule has 5 heteroatoms. The first-order valence-corrected chi connectivity index (χ1v) is 4.84. The van der Waals surface area contributed by atoms with Crippen molar-refractivity contribution in [2.45, 2.75) is 12.1 Å². The van der Waals surface area contributed by atoms with Gasteiger partial charge in [-0.15, -0.1) is 0 Å². The SMILES string of the molecule is COC1(N)CCS(=O)(=O)C1. The Morgan fingerprint density at radius 2 is 2.20 bits per heavy atom. The summed E-state index contributed by atoms with van der Waals surface area (Å²) in [6.45, 7) is 0. The van der Waals surface area contributed by atoms with Crippen LogP contribution in [0.1, 0.15) is 6.42 Å². The normalized spacial score (nSPS) is 38.2. The van der Waals surface area contributed by atoms with Crippen molar-refractivity contribution in [1.29, 1.82) is 0 Å². The minimum absolute atomic E-state index is 0.0451. The van der Waals surface area contributed by atoms with Crippen LogP contribution in [0.5, 0.6) is 0 Å². The average molecular weight is 165 g/mol. The molecule has 0 saturated carbocycles. The number of hydrogen-bond donors (Lipinski definition) is 1. The summed E-state index contributed by atoms with van der Waals surface area (Å²) in [5.41, 5.74) is 4.61. The van der Waals surface area contributed by atoms with Gasteiger partial charge in [0.15, 0.2) is 9.84 Å². The van der Waals surface area contributed by atoms with E-state index in [0.717, 1.165) is 0 Å². The van der Waals surface area contributed by atoms with E-state index in [9.17, 15) is 8.42 Å². The standard InChI is InChI=1S/C5H11NO3S/c1-9-5(6)2-3-10(7,8)4-5/h2-4,6H2,1H3. The van der Waals surface area contributed by atoms with Gasteiger partial charge in [0, 0.05) is 13.5 Å². The van der Waals surface area contributed by atoms with Gasteiger partial charge in [-0.1, -0.05) is 0 Å². The second-order valence-electron chi connectivity index (χ2n) is 2.61. The molecule has 60 valence electrons. The largest absolute Gasteiger partial charge is 0.363 e. The molecule has 0 amide bonds. The highest BCUT2D eigenvalue weighted by Gasteiger charge is 2.38. The Balaban J connectivity index is 2.76. The predicted molar refractivity (Wildman–Crippen MR) is 37.2 cm³/mol.